The SMILES string of the molecule is CCNC(=O)NC(=O)COC(=O)/C=C/c1sc2ccccc2c1Cl. The third kappa shape index (κ3) is 4.81. The van der Waals surface area contributed by atoms with Crippen LogP contribution in [0.5, 0.6) is 0 Å². The van der Waals surface area contributed by atoms with Crippen molar-refractivity contribution in [3.8, 4) is 0 Å². The van der Waals surface area contributed by atoms with Crippen LogP contribution >= 0.6 is 22.9 Å². The number of carbonyl (C=O) groups excluding carboxylic acids is 3. The lowest BCUT2D eigenvalue weighted by Crippen LogP contribution is -2.41. The standard InChI is InChI=1S/C16H15ClN2O4S/c1-2-18-16(22)19-13(20)9-23-14(21)8-7-12-15(17)10-5-3-4-6-11(10)24-12/h3-8H,2,9H2,1H3,(H2,18,19,20,22)/b8-7+. The van der Waals surface area contributed by atoms with Gasteiger partial charge in [-0.2, -0.15) is 0 Å². The highest BCUT2D eigenvalue weighted by Gasteiger charge is 2.10. The number of urea groups is 1. The summed E-state index contributed by atoms with van der Waals surface area (Å²) in [6, 6.07) is 6.99. The lowest BCUT2D eigenvalue weighted by Gasteiger charge is -2.04. The molecule has 2 rings (SSSR count). The predicted molar refractivity (Wildman–Crippen MR) is 94.0 cm³/mol. The highest BCUT2D eigenvalue weighted by atomic mass is 35.5. The zero-order valence-corrected chi connectivity index (χ0v) is 14.4. The molecular formula is C16H15ClN2O4S. The van der Waals surface area contributed by atoms with Gasteiger partial charge < -0.3 is 10.1 Å². The number of ether oxygens (including phenoxy) is 1. The second-order valence-corrected chi connectivity index (χ2v) is 6.09. The maximum Gasteiger partial charge on any atom is 0.331 e. The van der Waals surface area contributed by atoms with Crippen LogP contribution in [-0.2, 0) is 14.3 Å². The summed E-state index contributed by atoms with van der Waals surface area (Å²) in [7, 11) is 0. The predicted octanol–water partition coefficient (Wildman–Crippen LogP) is 2.96. The summed E-state index contributed by atoms with van der Waals surface area (Å²) in [5, 5.41) is 5.90. The molecule has 0 fully saturated rings. The number of carbonyl (C=O) groups is 3. The van der Waals surface area contributed by atoms with Crippen molar-refractivity contribution in [3.05, 3.63) is 40.2 Å². The van der Waals surface area contributed by atoms with Crippen molar-refractivity contribution < 1.29 is 19.1 Å². The molecule has 8 heteroatoms. The van der Waals surface area contributed by atoms with Gasteiger partial charge in [-0.05, 0) is 19.1 Å². The first-order chi connectivity index (χ1) is 11.5. The van der Waals surface area contributed by atoms with Gasteiger partial charge in [-0.15, -0.1) is 11.3 Å². The van der Waals surface area contributed by atoms with Crippen molar-refractivity contribution in [1.29, 1.82) is 0 Å². The van der Waals surface area contributed by atoms with E-state index in [4.69, 9.17) is 16.3 Å². The molecule has 0 aliphatic rings. The smallest absolute Gasteiger partial charge is 0.331 e. The fourth-order valence-corrected chi connectivity index (χ4v) is 3.23. The van der Waals surface area contributed by atoms with E-state index in [2.05, 4.69) is 5.32 Å². The largest absolute Gasteiger partial charge is 0.452 e. The summed E-state index contributed by atoms with van der Waals surface area (Å²) in [4.78, 5) is 34.9. The van der Waals surface area contributed by atoms with Gasteiger partial charge in [0.05, 0.1) is 5.02 Å². The number of hydrogen-bond acceptors (Lipinski definition) is 5. The van der Waals surface area contributed by atoms with Crippen LogP contribution in [0.3, 0.4) is 0 Å². The van der Waals surface area contributed by atoms with E-state index in [0.717, 1.165) is 15.0 Å². The summed E-state index contributed by atoms with van der Waals surface area (Å²) in [5.41, 5.74) is 0. The second-order valence-electron chi connectivity index (χ2n) is 4.63. The zero-order valence-electron chi connectivity index (χ0n) is 12.8. The zero-order chi connectivity index (χ0) is 17.5. The second kappa shape index (κ2) is 8.47. The quantitative estimate of drug-likeness (QED) is 0.629. The van der Waals surface area contributed by atoms with Crippen LogP contribution in [0.1, 0.15) is 11.8 Å². The number of esters is 1. The third-order valence-electron chi connectivity index (χ3n) is 2.87. The molecule has 0 bridgehead atoms. The van der Waals surface area contributed by atoms with E-state index < -0.39 is 24.5 Å². The Hall–Kier alpha value is -2.38. The van der Waals surface area contributed by atoms with Crippen molar-refractivity contribution >= 4 is 57.0 Å². The van der Waals surface area contributed by atoms with Gasteiger partial charge in [0.25, 0.3) is 5.91 Å². The third-order valence-corrected chi connectivity index (χ3v) is 4.52. The van der Waals surface area contributed by atoms with E-state index in [1.807, 2.05) is 29.6 Å². The fraction of sp³-hybridized carbons (Fsp3) is 0.188. The molecule has 1 aromatic heterocycles. The first-order valence-corrected chi connectivity index (χ1v) is 8.30. The molecule has 0 spiro atoms. The molecule has 6 nitrogen and oxygen atoms in total. The summed E-state index contributed by atoms with van der Waals surface area (Å²) in [6.07, 6.45) is 2.73. The molecule has 0 unspecified atom stereocenters. The average Bonchev–Trinajstić information content (AvgIpc) is 2.88. The number of nitrogens with one attached hydrogen (secondary N) is 2. The molecular weight excluding hydrogens is 352 g/mol. The van der Waals surface area contributed by atoms with Crippen LogP contribution in [0.25, 0.3) is 16.2 Å². The molecule has 24 heavy (non-hydrogen) atoms. The Morgan fingerprint density at radius 1 is 1.29 bits per heavy atom. The molecule has 2 aromatic rings. The van der Waals surface area contributed by atoms with Crippen LogP contribution in [0.4, 0.5) is 4.79 Å². The lowest BCUT2D eigenvalue weighted by molar-refractivity contribution is -0.143. The number of rotatable bonds is 5. The molecule has 1 aromatic carbocycles. The lowest BCUT2D eigenvalue weighted by atomic mass is 10.2. The highest BCUT2D eigenvalue weighted by molar-refractivity contribution is 7.20. The first-order valence-electron chi connectivity index (χ1n) is 7.10. The van der Waals surface area contributed by atoms with Crippen molar-refractivity contribution in [2.45, 2.75) is 6.92 Å². The Balaban J connectivity index is 1.89. The molecule has 0 saturated heterocycles. The average molecular weight is 367 g/mol. The van der Waals surface area contributed by atoms with E-state index in [9.17, 15) is 14.4 Å². The van der Waals surface area contributed by atoms with E-state index in [1.165, 1.54) is 23.5 Å². The Kier molecular flexibility index (Phi) is 6.34. The molecule has 0 aliphatic heterocycles. The number of imide groups is 1. The van der Waals surface area contributed by atoms with Crippen molar-refractivity contribution in [2.24, 2.45) is 0 Å². The summed E-state index contributed by atoms with van der Waals surface area (Å²) in [6.45, 7) is 1.56. The molecule has 0 radical (unpaired) electrons. The number of halogens is 1. The minimum absolute atomic E-state index is 0.386. The topological polar surface area (TPSA) is 84.5 Å². The first kappa shape index (κ1) is 18.0. The van der Waals surface area contributed by atoms with Gasteiger partial charge in [-0.1, -0.05) is 29.8 Å². The van der Waals surface area contributed by atoms with Crippen molar-refractivity contribution in [3.63, 3.8) is 0 Å². The molecule has 126 valence electrons. The van der Waals surface area contributed by atoms with Crippen LogP contribution in [0, 0.1) is 0 Å². The van der Waals surface area contributed by atoms with Gasteiger partial charge in [0.1, 0.15) is 0 Å². The van der Waals surface area contributed by atoms with Gasteiger partial charge >= 0.3 is 12.0 Å². The number of benzene rings is 1. The molecule has 0 saturated carbocycles. The summed E-state index contributed by atoms with van der Waals surface area (Å²) < 4.78 is 5.77. The van der Waals surface area contributed by atoms with Crippen LogP contribution in [0.2, 0.25) is 5.02 Å². The normalized spacial score (nSPS) is 10.8. The monoisotopic (exact) mass is 366 g/mol. The Morgan fingerprint density at radius 2 is 2.04 bits per heavy atom. The van der Waals surface area contributed by atoms with Crippen molar-refractivity contribution in [2.75, 3.05) is 13.2 Å². The van der Waals surface area contributed by atoms with Gasteiger partial charge in [0.2, 0.25) is 0 Å². The molecule has 0 aliphatic carbocycles. The fourth-order valence-electron chi connectivity index (χ4n) is 1.84. The Morgan fingerprint density at radius 3 is 2.75 bits per heavy atom. The van der Waals surface area contributed by atoms with Crippen LogP contribution < -0.4 is 10.6 Å². The highest BCUT2D eigenvalue weighted by Crippen LogP contribution is 2.35. The number of amides is 3. The minimum atomic E-state index is -0.706. The molecule has 2 N–H and O–H groups in total. The minimum Gasteiger partial charge on any atom is -0.452 e. The van der Waals surface area contributed by atoms with E-state index >= 15 is 0 Å². The van der Waals surface area contributed by atoms with Gasteiger partial charge in [-0.25, -0.2) is 9.59 Å². The van der Waals surface area contributed by atoms with E-state index in [1.54, 1.807) is 6.92 Å². The Labute approximate surface area is 147 Å². The number of thiophene rings is 1. The molecule has 3 amide bonds. The van der Waals surface area contributed by atoms with Gasteiger partial charge in [0, 0.05) is 27.6 Å². The van der Waals surface area contributed by atoms with E-state index in [0.29, 0.717) is 11.6 Å². The maximum atomic E-state index is 11.6. The molecule has 0 atom stereocenters. The summed E-state index contributed by atoms with van der Waals surface area (Å²) >= 11 is 7.70. The van der Waals surface area contributed by atoms with Gasteiger partial charge in [0.15, 0.2) is 6.61 Å². The summed E-state index contributed by atoms with van der Waals surface area (Å²) in [5.74, 6) is -1.41. The number of hydrogen-bond donors (Lipinski definition) is 2. The molecule has 1 heterocycles. The van der Waals surface area contributed by atoms with Crippen molar-refractivity contribution in [1.82, 2.24) is 10.6 Å². The maximum absolute atomic E-state index is 11.6. The van der Waals surface area contributed by atoms with Crippen LogP contribution in [-0.4, -0.2) is 31.1 Å². The van der Waals surface area contributed by atoms with Gasteiger partial charge in [-0.3, -0.25) is 10.1 Å². The number of fused-ring (bicyclic) bond motifs is 1. The van der Waals surface area contributed by atoms with Crippen LogP contribution in [0.15, 0.2) is 30.3 Å². The Bertz CT molecular complexity index is 800. The van der Waals surface area contributed by atoms with E-state index in [-0.39, 0.29) is 0 Å².